The molecule has 0 saturated carbocycles. The highest BCUT2D eigenvalue weighted by Crippen LogP contribution is 2.41. The number of benzene rings is 4. The number of phenolic OH excluding ortho intramolecular Hbond substituents is 2. The Labute approximate surface area is 213 Å². The molecule has 0 aliphatic carbocycles. The molecule has 2 aromatic heterocycles. The van der Waals surface area contributed by atoms with Gasteiger partial charge in [0.15, 0.2) is 0 Å². The summed E-state index contributed by atoms with van der Waals surface area (Å²) >= 11 is 2.94. The Kier molecular flexibility index (Phi) is 5.28. The van der Waals surface area contributed by atoms with Crippen molar-refractivity contribution in [2.45, 2.75) is 0 Å². The number of hydrogen-bond acceptors (Lipinski definition) is 7. The summed E-state index contributed by atoms with van der Waals surface area (Å²) < 4.78 is 2.02. The SMILES string of the molecule is NC(=O)N(c1ccc(-c2nc3ccccc3s2)c(O)c1)c1ccc(-c2nc3ccccc3s2)c(O)c1. The summed E-state index contributed by atoms with van der Waals surface area (Å²) in [5.74, 6) is -0.0683. The number of phenols is 2. The highest BCUT2D eigenvalue weighted by atomic mass is 32.1. The molecule has 0 saturated heterocycles. The lowest BCUT2D eigenvalue weighted by Gasteiger charge is -2.22. The molecule has 4 aromatic carbocycles. The second-order valence-electron chi connectivity index (χ2n) is 8.05. The predicted molar refractivity (Wildman–Crippen MR) is 145 cm³/mol. The van der Waals surface area contributed by atoms with Gasteiger partial charge in [-0.2, -0.15) is 0 Å². The summed E-state index contributed by atoms with van der Waals surface area (Å²) in [4.78, 5) is 22.8. The third-order valence-corrected chi connectivity index (χ3v) is 7.89. The van der Waals surface area contributed by atoms with Crippen molar-refractivity contribution in [3.8, 4) is 32.6 Å². The second-order valence-corrected chi connectivity index (χ2v) is 10.1. The number of nitrogens with two attached hydrogens (primary N) is 1. The molecule has 2 amide bonds. The van der Waals surface area contributed by atoms with Gasteiger partial charge in [-0.15, -0.1) is 22.7 Å². The molecule has 0 unspecified atom stereocenters. The largest absolute Gasteiger partial charge is 0.507 e. The van der Waals surface area contributed by atoms with Gasteiger partial charge in [-0.1, -0.05) is 24.3 Å². The van der Waals surface area contributed by atoms with Crippen LogP contribution < -0.4 is 10.6 Å². The molecule has 7 nitrogen and oxygen atoms in total. The third-order valence-electron chi connectivity index (χ3n) is 5.75. The van der Waals surface area contributed by atoms with Gasteiger partial charge in [0.25, 0.3) is 0 Å². The highest BCUT2D eigenvalue weighted by molar-refractivity contribution is 7.22. The monoisotopic (exact) mass is 510 g/mol. The number of primary amides is 1. The maximum absolute atomic E-state index is 12.4. The van der Waals surface area contributed by atoms with Crippen LogP contribution in [0.15, 0.2) is 84.9 Å². The topological polar surface area (TPSA) is 113 Å². The van der Waals surface area contributed by atoms with E-state index in [2.05, 4.69) is 9.97 Å². The molecule has 6 rings (SSSR count). The molecule has 36 heavy (non-hydrogen) atoms. The van der Waals surface area contributed by atoms with Crippen molar-refractivity contribution in [2.24, 2.45) is 5.73 Å². The number of thiazole rings is 2. The lowest BCUT2D eigenvalue weighted by molar-refractivity contribution is 0.256. The van der Waals surface area contributed by atoms with Crippen LogP contribution in [0.2, 0.25) is 0 Å². The van der Waals surface area contributed by atoms with Crippen LogP contribution in [0.5, 0.6) is 11.5 Å². The molecule has 176 valence electrons. The second kappa shape index (κ2) is 8.63. The van der Waals surface area contributed by atoms with Gasteiger partial charge in [0.2, 0.25) is 0 Å². The average molecular weight is 511 g/mol. The zero-order chi connectivity index (χ0) is 24.8. The van der Waals surface area contributed by atoms with E-state index < -0.39 is 6.03 Å². The lowest BCUT2D eigenvalue weighted by atomic mass is 10.1. The van der Waals surface area contributed by atoms with E-state index in [4.69, 9.17) is 5.73 Å². The molecule has 0 aliphatic heterocycles. The van der Waals surface area contributed by atoms with Crippen molar-refractivity contribution in [1.82, 2.24) is 9.97 Å². The Morgan fingerprint density at radius 2 is 1.14 bits per heavy atom. The van der Waals surface area contributed by atoms with Gasteiger partial charge in [0, 0.05) is 12.1 Å². The first-order chi connectivity index (χ1) is 17.5. The lowest BCUT2D eigenvalue weighted by Crippen LogP contribution is -2.31. The molecule has 0 aliphatic rings. The van der Waals surface area contributed by atoms with E-state index in [0.29, 0.717) is 32.5 Å². The number of carbonyl (C=O) groups excluding carboxylic acids is 1. The zero-order valence-electron chi connectivity index (χ0n) is 18.6. The molecule has 0 atom stereocenters. The number of rotatable bonds is 4. The summed E-state index contributed by atoms with van der Waals surface area (Å²) in [5, 5.41) is 22.9. The van der Waals surface area contributed by atoms with Crippen molar-refractivity contribution in [2.75, 3.05) is 4.90 Å². The molecule has 0 spiro atoms. The van der Waals surface area contributed by atoms with E-state index in [-0.39, 0.29) is 11.5 Å². The van der Waals surface area contributed by atoms with Crippen molar-refractivity contribution in [3.63, 3.8) is 0 Å². The quantitative estimate of drug-likeness (QED) is 0.240. The van der Waals surface area contributed by atoms with E-state index in [0.717, 1.165) is 20.4 Å². The Morgan fingerprint density at radius 1 is 0.694 bits per heavy atom. The number of fused-ring (bicyclic) bond motifs is 2. The van der Waals surface area contributed by atoms with E-state index in [1.165, 1.54) is 39.7 Å². The highest BCUT2D eigenvalue weighted by Gasteiger charge is 2.20. The van der Waals surface area contributed by atoms with E-state index >= 15 is 0 Å². The van der Waals surface area contributed by atoms with Crippen LogP contribution in [0.1, 0.15) is 0 Å². The van der Waals surface area contributed by atoms with Gasteiger partial charge in [-0.05, 0) is 48.5 Å². The van der Waals surface area contributed by atoms with Crippen LogP contribution in [-0.4, -0.2) is 26.2 Å². The first kappa shape index (κ1) is 22.0. The summed E-state index contributed by atoms with van der Waals surface area (Å²) in [5.41, 5.74) is 9.23. The fraction of sp³-hybridized carbons (Fsp3) is 0. The summed E-state index contributed by atoms with van der Waals surface area (Å²) in [6.45, 7) is 0. The van der Waals surface area contributed by atoms with E-state index in [9.17, 15) is 15.0 Å². The standard InChI is InChI=1S/C27H18N4O3S2/c28-27(34)31(15-9-11-17(21(32)13-15)25-29-19-5-1-3-7-23(19)35-25)16-10-12-18(22(33)14-16)26-30-20-6-2-4-8-24(20)36-26/h1-14,32-33H,(H2,28,34). The molecular formula is C27H18N4O3S2. The minimum Gasteiger partial charge on any atom is -0.507 e. The van der Waals surface area contributed by atoms with Gasteiger partial charge in [0.1, 0.15) is 21.5 Å². The smallest absolute Gasteiger partial charge is 0.323 e. The maximum Gasteiger partial charge on any atom is 0.323 e. The first-order valence-electron chi connectivity index (χ1n) is 11.0. The van der Waals surface area contributed by atoms with Gasteiger partial charge >= 0.3 is 6.03 Å². The zero-order valence-corrected chi connectivity index (χ0v) is 20.3. The van der Waals surface area contributed by atoms with Crippen molar-refractivity contribution in [3.05, 3.63) is 84.9 Å². The fourth-order valence-electron chi connectivity index (χ4n) is 4.06. The van der Waals surface area contributed by atoms with Gasteiger partial charge in [-0.3, -0.25) is 4.90 Å². The number of urea groups is 1. The molecule has 0 bridgehead atoms. The van der Waals surface area contributed by atoms with E-state index in [1.807, 2.05) is 48.5 Å². The number of amides is 2. The number of aromatic hydroxyl groups is 2. The number of hydrogen-bond donors (Lipinski definition) is 3. The molecule has 4 N–H and O–H groups in total. The number of nitrogens with zero attached hydrogens (tertiary/aromatic N) is 3. The number of anilines is 2. The Balaban J connectivity index is 1.36. The first-order valence-corrected chi connectivity index (χ1v) is 12.6. The molecule has 0 radical (unpaired) electrons. The van der Waals surface area contributed by atoms with Crippen molar-refractivity contribution in [1.29, 1.82) is 0 Å². The van der Waals surface area contributed by atoms with Crippen LogP contribution in [-0.2, 0) is 0 Å². The summed E-state index contributed by atoms with van der Waals surface area (Å²) in [7, 11) is 0. The van der Waals surface area contributed by atoms with Crippen LogP contribution in [0.3, 0.4) is 0 Å². The van der Waals surface area contributed by atoms with Gasteiger partial charge in [-0.25, -0.2) is 14.8 Å². The minimum absolute atomic E-state index is 0.0341. The van der Waals surface area contributed by atoms with Crippen LogP contribution in [0.25, 0.3) is 41.6 Å². The fourth-order valence-corrected chi connectivity index (χ4v) is 6.06. The van der Waals surface area contributed by atoms with Crippen molar-refractivity contribution >= 4 is 60.5 Å². The average Bonchev–Trinajstić information content (AvgIpc) is 3.48. The Hall–Kier alpha value is -4.47. The van der Waals surface area contributed by atoms with Crippen LogP contribution in [0.4, 0.5) is 16.2 Å². The third kappa shape index (κ3) is 3.80. The number of aromatic nitrogens is 2. The minimum atomic E-state index is -0.755. The molecular weight excluding hydrogens is 492 g/mol. The van der Waals surface area contributed by atoms with Gasteiger partial charge in [0.05, 0.1) is 42.9 Å². The molecule has 2 heterocycles. The van der Waals surface area contributed by atoms with Crippen LogP contribution in [0, 0.1) is 0 Å². The maximum atomic E-state index is 12.4. The normalized spacial score (nSPS) is 11.2. The van der Waals surface area contributed by atoms with E-state index in [1.54, 1.807) is 24.3 Å². The number of para-hydroxylation sites is 2. The summed E-state index contributed by atoms with van der Waals surface area (Å²) in [6, 6.07) is 24.4. The van der Waals surface area contributed by atoms with Crippen LogP contribution >= 0.6 is 22.7 Å². The predicted octanol–water partition coefficient (Wildman–Crippen LogP) is 6.87. The molecule has 9 heteroatoms. The van der Waals surface area contributed by atoms with Crippen molar-refractivity contribution < 1.29 is 15.0 Å². The molecule has 6 aromatic rings. The molecule has 0 fully saturated rings. The Bertz CT molecular complexity index is 1590. The van der Waals surface area contributed by atoms with Gasteiger partial charge < -0.3 is 15.9 Å². The summed E-state index contributed by atoms with van der Waals surface area (Å²) in [6.07, 6.45) is 0. The number of carbonyl (C=O) groups is 1. The Morgan fingerprint density at radius 3 is 1.53 bits per heavy atom.